The Hall–Kier alpha value is -1.00. The van der Waals surface area contributed by atoms with E-state index in [9.17, 15) is 74.6 Å². The van der Waals surface area contributed by atoms with Crippen LogP contribution in [0.5, 0.6) is 0 Å². The number of rotatable bonds is 11. The van der Waals surface area contributed by atoms with Crippen molar-refractivity contribution >= 4 is 11.8 Å². The van der Waals surface area contributed by atoms with E-state index in [0.29, 0.717) is 31.4 Å². The van der Waals surface area contributed by atoms with Gasteiger partial charge in [-0.05, 0) is 12.2 Å². The van der Waals surface area contributed by atoms with E-state index in [2.05, 4.69) is 0 Å². The van der Waals surface area contributed by atoms with Gasteiger partial charge in [0, 0.05) is 31.3 Å². The van der Waals surface area contributed by atoms with Crippen molar-refractivity contribution in [1.82, 2.24) is 0 Å². The summed E-state index contributed by atoms with van der Waals surface area (Å²) in [5, 5.41) is 0. The zero-order valence-electron chi connectivity index (χ0n) is 21.5. The minimum Gasteiger partial charge on any atom is -0.379 e. The van der Waals surface area contributed by atoms with E-state index in [1.165, 1.54) is 0 Å². The second-order valence-corrected chi connectivity index (χ2v) is 10.2. The number of ether oxygens (including phenoxy) is 4. The first-order chi connectivity index (χ1) is 19.3. The van der Waals surface area contributed by atoms with Crippen LogP contribution in [0.25, 0.3) is 0 Å². The van der Waals surface area contributed by atoms with E-state index < -0.39 is 65.7 Å². The van der Waals surface area contributed by atoms with Crippen molar-refractivity contribution in [3.63, 3.8) is 0 Å². The lowest BCUT2D eigenvalue weighted by molar-refractivity contribution is -0.461. The van der Waals surface area contributed by atoms with Gasteiger partial charge in [0.15, 0.2) is 0 Å². The van der Waals surface area contributed by atoms with Gasteiger partial charge < -0.3 is 18.9 Å². The van der Waals surface area contributed by atoms with Crippen LogP contribution in [0.15, 0.2) is 0 Å². The molecule has 0 aromatic rings. The van der Waals surface area contributed by atoms with Crippen LogP contribution in [0.2, 0.25) is 0 Å². The fourth-order valence-corrected chi connectivity index (χ4v) is 4.24. The summed E-state index contributed by atoms with van der Waals surface area (Å²) >= 11 is 0.321. The highest BCUT2D eigenvalue weighted by Crippen LogP contribution is 2.64. The highest BCUT2D eigenvalue weighted by molar-refractivity contribution is 7.99. The SMILES string of the molecule is FC(F)(F)C(F)(F)C(F)(F)C(F)(F)C(F)(F)C(F)(F)C(F)(F)C(F)(F)CCSCC1COCCOCCCOCCOC1. The molecule has 1 saturated heterocycles. The Morgan fingerprint density at radius 1 is 0.465 bits per heavy atom. The van der Waals surface area contributed by atoms with E-state index in [4.69, 9.17) is 18.9 Å². The molecule has 0 unspecified atom stereocenters. The molecule has 0 aromatic carbocycles. The molecule has 0 amide bonds. The van der Waals surface area contributed by atoms with Crippen LogP contribution in [-0.2, 0) is 18.9 Å². The molecule has 0 spiro atoms. The molecule has 0 radical (unpaired) electrons. The van der Waals surface area contributed by atoms with Crippen molar-refractivity contribution < 1.29 is 93.6 Å². The summed E-state index contributed by atoms with van der Waals surface area (Å²) in [6.07, 6.45) is -9.68. The second-order valence-electron chi connectivity index (χ2n) is 9.07. The average molecular weight is 696 g/mol. The highest BCUT2D eigenvalue weighted by Gasteiger charge is 2.95. The van der Waals surface area contributed by atoms with Crippen LogP contribution < -0.4 is 0 Å². The molecule has 1 aliphatic rings. The fraction of sp³-hybridized carbons (Fsp3) is 1.00. The van der Waals surface area contributed by atoms with Crippen LogP contribution in [0.4, 0.5) is 74.6 Å². The van der Waals surface area contributed by atoms with Crippen LogP contribution >= 0.6 is 11.8 Å². The molecule has 22 heteroatoms. The van der Waals surface area contributed by atoms with Crippen LogP contribution in [-0.4, -0.2) is 112 Å². The summed E-state index contributed by atoms with van der Waals surface area (Å²) in [4.78, 5) is 0. The normalized spacial score (nSPS) is 19.7. The molecule has 0 bridgehead atoms. The Morgan fingerprint density at radius 3 is 1.26 bits per heavy atom. The number of hydrogen-bond donors (Lipinski definition) is 0. The maximum atomic E-state index is 14.1. The van der Waals surface area contributed by atoms with E-state index in [0.717, 1.165) is 0 Å². The molecular weight excluding hydrogens is 671 g/mol. The first-order valence-corrected chi connectivity index (χ1v) is 13.1. The monoisotopic (exact) mass is 696 g/mol. The van der Waals surface area contributed by atoms with E-state index in [-0.39, 0.29) is 45.4 Å². The molecule has 1 aliphatic heterocycles. The summed E-state index contributed by atoms with van der Waals surface area (Å²) < 4.78 is 248. The summed E-state index contributed by atoms with van der Waals surface area (Å²) in [5.41, 5.74) is 0. The summed E-state index contributed by atoms with van der Waals surface area (Å²) in [6, 6.07) is 0. The van der Waals surface area contributed by atoms with Crippen LogP contribution in [0.1, 0.15) is 12.8 Å². The van der Waals surface area contributed by atoms with Gasteiger partial charge in [-0.1, -0.05) is 0 Å². The molecule has 258 valence electrons. The molecule has 0 N–H and O–H groups in total. The molecule has 0 atom stereocenters. The summed E-state index contributed by atoms with van der Waals surface area (Å²) in [5.74, 6) is -58.4. The first-order valence-electron chi connectivity index (χ1n) is 11.9. The van der Waals surface area contributed by atoms with Gasteiger partial charge in [0.2, 0.25) is 0 Å². The van der Waals surface area contributed by atoms with Crippen LogP contribution in [0, 0.1) is 5.92 Å². The summed E-state index contributed by atoms with van der Waals surface area (Å²) in [7, 11) is 0. The van der Waals surface area contributed by atoms with E-state index >= 15 is 0 Å². The number of alkyl halides is 17. The Morgan fingerprint density at radius 2 is 0.837 bits per heavy atom. The number of halogens is 17. The third-order valence-electron chi connectivity index (χ3n) is 5.73. The van der Waals surface area contributed by atoms with Crippen molar-refractivity contribution in [1.29, 1.82) is 0 Å². The average Bonchev–Trinajstić information content (AvgIpc) is 2.87. The minimum atomic E-state index is -8.63. The van der Waals surface area contributed by atoms with Crippen molar-refractivity contribution in [3.05, 3.63) is 0 Å². The lowest BCUT2D eigenvalue weighted by atomic mass is 9.88. The smallest absolute Gasteiger partial charge is 0.379 e. The first kappa shape index (κ1) is 40.0. The maximum absolute atomic E-state index is 14.1. The molecule has 1 fully saturated rings. The highest BCUT2D eigenvalue weighted by atomic mass is 32.2. The van der Waals surface area contributed by atoms with E-state index in [1.807, 2.05) is 0 Å². The van der Waals surface area contributed by atoms with Gasteiger partial charge in [0.1, 0.15) is 0 Å². The molecule has 1 rings (SSSR count). The third kappa shape index (κ3) is 8.43. The van der Waals surface area contributed by atoms with Gasteiger partial charge in [-0.2, -0.15) is 86.4 Å². The van der Waals surface area contributed by atoms with Gasteiger partial charge in [-0.3, -0.25) is 0 Å². The van der Waals surface area contributed by atoms with Gasteiger partial charge in [0.05, 0.1) is 39.6 Å². The quantitative estimate of drug-likeness (QED) is 0.169. The topological polar surface area (TPSA) is 36.9 Å². The van der Waals surface area contributed by atoms with Gasteiger partial charge in [0.25, 0.3) is 0 Å². The molecule has 0 aliphatic carbocycles. The van der Waals surface area contributed by atoms with Gasteiger partial charge in [-0.25, -0.2) is 0 Å². The third-order valence-corrected chi connectivity index (χ3v) is 6.93. The Labute approximate surface area is 236 Å². The summed E-state index contributed by atoms with van der Waals surface area (Å²) in [6.45, 7) is 0.808. The Kier molecular flexibility index (Phi) is 13.6. The van der Waals surface area contributed by atoms with Crippen molar-refractivity contribution in [2.24, 2.45) is 5.92 Å². The molecular formula is C21H25F17O4S. The molecule has 1 heterocycles. The van der Waals surface area contributed by atoms with Crippen LogP contribution in [0.3, 0.4) is 0 Å². The molecule has 0 saturated carbocycles. The molecule has 4 nitrogen and oxygen atoms in total. The lowest BCUT2D eigenvalue weighted by Crippen LogP contribution is -2.74. The van der Waals surface area contributed by atoms with Crippen molar-refractivity contribution in [2.75, 3.05) is 64.4 Å². The van der Waals surface area contributed by atoms with Gasteiger partial charge >= 0.3 is 47.6 Å². The molecule has 0 aromatic heterocycles. The predicted molar refractivity (Wildman–Crippen MR) is 114 cm³/mol. The second kappa shape index (κ2) is 14.6. The predicted octanol–water partition coefficient (Wildman–Crippen LogP) is 7.21. The molecule has 43 heavy (non-hydrogen) atoms. The standard InChI is InChI=1S/C21H25F17O4S/c22-14(23,2-9-43-12-13-10-41-7-5-39-3-1-4-40-6-8-42-11-13)15(24,25)16(26,27)17(28,29)18(30,31)19(32,33)20(34,35)21(36,37)38/h13H,1-12H2. The fourth-order valence-electron chi connectivity index (χ4n) is 3.15. The zero-order chi connectivity index (χ0) is 33.6. The van der Waals surface area contributed by atoms with E-state index in [1.54, 1.807) is 0 Å². The Balaban J connectivity index is 3.00. The largest absolute Gasteiger partial charge is 0.460 e. The minimum absolute atomic E-state index is 0.0498. The lowest BCUT2D eigenvalue weighted by Gasteiger charge is -2.42. The maximum Gasteiger partial charge on any atom is 0.460 e. The van der Waals surface area contributed by atoms with Crippen molar-refractivity contribution in [3.8, 4) is 0 Å². The van der Waals surface area contributed by atoms with Gasteiger partial charge in [-0.15, -0.1) is 0 Å². The number of thioether (sulfide) groups is 1. The van der Waals surface area contributed by atoms with Crippen molar-refractivity contribution in [2.45, 2.75) is 60.5 Å². The zero-order valence-corrected chi connectivity index (χ0v) is 22.3. The number of hydrogen-bond acceptors (Lipinski definition) is 5. The Bertz CT molecular complexity index is 840.